The zero-order chi connectivity index (χ0) is 24.8. The fourth-order valence-corrected chi connectivity index (χ4v) is 4.08. The highest BCUT2D eigenvalue weighted by Gasteiger charge is 2.41. The number of benzene rings is 3. The molecule has 8 nitrogen and oxygen atoms in total. The van der Waals surface area contributed by atoms with E-state index in [1.807, 2.05) is 30.3 Å². The molecule has 1 aliphatic heterocycles. The van der Waals surface area contributed by atoms with Crippen molar-refractivity contribution in [2.45, 2.75) is 25.1 Å². The Balaban J connectivity index is 1.49. The van der Waals surface area contributed by atoms with Gasteiger partial charge in [0.25, 0.3) is 5.91 Å². The molecule has 0 bridgehead atoms. The molecule has 4 rings (SSSR count). The molecule has 2 amide bonds. The van der Waals surface area contributed by atoms with E-state index in [2.05, 4.69) is 5.32 Å². The van der Waals surface area contributed by atoms with Gasteiger partial charge in [-0.3, -0.25) is 15.0 Å². The molecule has 2 unspecified atom stereocenters. The standard InChI is InChI=1S/C27H28N4O4/c1-34-21-12-10-18(11-13-21)16-30-26(32)24-15-23(35-22-9-5-8-20(14-22)25(28)29)17-31(24)27(33)19-6-3-2-4-7-19/h2-14,23-24H,15-17H2,1H3,(H3,28,29)(H,30,32). The summed E-state index contributed by atoms with van der Waals surface area (Å²) < 4.78 is 11.3. The number of nitrogens with one attached hydrogen (secondary N) is 2. The highest BCUT2D eigenvalue weighted by Crippen LogP contribution is 2.26. The molecule has 1 aliphatic rings. The summed E-state index contributed by atoms with van der Waals surface area (Å²) in [4.78, 5) is 28.0. The van der Waals surface area contributed by atoms with Crippen molar-refractivity contribution in [1.29, 1.82) is 5.41 Å². The molecule has 3 aromatic carbocycles. The summed E-state index contributed by atoms with van der Waals surface area (Å²) in [7, 11) is 1.60. The second-order valence-corrected chi connectivity index (χ2v) is 8.32. The molecule has 1 fully saturated rings. The third-order valence-corrected chi connectivity index (χ3v) is 5.92. The molecule has 1 saturated heterocycles. The topological polar surface area (TPSA) is 118 Å². The number of amides is 2. The van der Waals surface area contributed by atoms with E-state index < -0.39 is 6.04 Å². The molecule has 2 atom stereocenters. The van der Waals surface area contributed by atoms with E-state index in [-0.39, 0.29) is 30.3 Å². The monoisotopic (exact) mass is 472 g/mol. The first-order valence-electron chi connectivity index (χ1n) is 11.3. The van der Waals surface area contributed by atoms with Crippen molar-refractivity contribution in [1.82, 2.24) is 10.2 Å². The Morgan fingerprint density at radius 3 is 2.40 bits per heavy atom. The number of hydrogen-bond acceptors (Lipinski definition) is 5. The first-order chi connectivity index (χ1) is 16.9. The van der Waals surface area contributed by atoms with Crippen LogP contribution >= 0.6 is 0 Å². The fourth-order valence-electron chi connectivity index (χ4n) is 4.08. The van der Waals surface area contributed by atoms with E-state index in [1.165, 1.54) is 0 Å². The molecule has 180 valence electrons. The van der Waals surface area contributed by atoms with Crippen molar-refractivity contribution in [2.24, 2.45) is 5.73 Å². The maximum atomic E-state index is 13.3. The summed E-state index contributed by atoms with van der Waals surface area (Å²) >= 11 is 0. The van der Waals surface area contributed by atoms with Crippen LogP contribution in [0.25, 0.3) is 0 Å². The van der Waals surface area contributed by atoms with Crippen LogP contribution in [-0.2, 0) is 11.3 Å². The van der Waals surface area contributed by atoms with Crippen molar-refractivity contribution in [3.8, 4) is 11.5 Å². The molecular weight excluding hydrogens is 444 g/mol. The van der Waals surface area contributed by atoms with Crippen LogP contribution < -0.4 is 20.5 Å². The van der Waals surface area contributed by atoms with Gasteiger partial charge in [-0.1, -0.05) is 42.5 Å². The number of nitrogen functional groups attached to an aromatic ring is 1. The van der Waals surface area contributed by atoms with Gasteiger partial charge < -0.3 is 25.4 Å². The summed E-state index contributed by atoms with van der Waals surface area (Å²) in [5.74, 6) is 0.754. The maximum Gasteiger partial charge on any atom is 0.254 e. The zero-order valence-corrected chi connectivity index (χ0v) is 19.4. The fraction of sp³-hybridized carbons (Fsp3) is 0.222. The Bertz CT molecular complexity index is 1200. The molecule has 0 spiro atoms. The van der Waals surface area contributed by atoms with Crippen molar-refractivity contribution in [3.63, 3.8) is 0 Å². The number of ether oxygens (including phenoxy) is 2. The first kappa shape index (κ1) is 23.8. The lowest BCUT2D eigenvalue weighted by molar-refractivity contribution is -0.125. The number of nitrogens with two attached hydrogens (primary N) is 1. The smallest absolute Gasteiger partial charge is 0.254 e. The molecule has 35 heavy (non-hydrogen) atoms. The molecule has 0 aromatic heterocycles. The van der Waals surface area contributed by atoms with Gasteiger partial charge in [0.05, 0.1) is 13.7 Å². The van der Waals surface area contributed by atoms with Crippen LogP contribution in [0.15, 0.2) is 78.9 Å². The van der Waals surface area contributed by atoms with Crippen LogP contribution in [0.3, 0.4) is 0 Å². The molecular formula is C27H28N4O4. The Labute approximate surface area is 204 Å². The third-order valence-electron chi connectivity index (χ3n) is 5.92. The average Bonchev–Trinajstić information content (AvgIpc) is 3.31. The summed E-state index contributed by atoms with van der Waals surface area (Å²) in [6.45, 7) is 0.595. The van der Waals surface area contributed by atoms with Crippen LogP contribution in [-0.4, -0.2) is 48.4 Å². The molecule has 8 heteroatoms. The maximum absolute atomic E-state index is 13.3. The van der Waals surface area contributed by atoms with Crippen molar-refractivity contribution < 1.29 is 19.1 Å². The molecule has 0 aliphatic carbocycles. The van der Waals surface area contributed by atoms with Crippen LogP contribution in [0.5, 0.6) is 11.5 Å². The predicted octanol–water partition coefficient (Wildman–Crippen LogP) is 2.96. The van der Waals surface area contributed by atoms with E-state index in [0.29, 0.717) is 29.8 Å². The summed E-state index contributed by atoms with van der Waals surface area (Å²) in [5, 5.41) is 10.6. The van der Waals surface area contributed by atoms with E-state index >= 15 is 0 Å². The minimum Gasteiger partial charge on any atom is -0.497 e. The second-order valence-electron chi connectivity index (χ2n) is 8.32. The third kappa shape index (κ3) is 5.78. The number of methoxy groups -OCH3 is 1. The van der Waals surface area contributed by atoms with Gasteiger partial charge in [0, 0.05) is 24.1 Å². The van der Waals surface area contributed by atoms with Crippen LogP contribution in [0.4, 0.5) is 0 Å². The van der Waals surface area contributed by atoms with Gasteiger partial charge in [0.2, 0.25) is 5.91 Å². The second kappa shape index (κ2) is 10.7. The van der Waals surface area contributed by atoms with Gasteiger partial charge in [-0.2, -0.15) is 0 Å². The van der Waals surface area contributed by atoms with E-state index in [1.54, 1.807) is 60.5 Å². The number of nitrogens with zero attached hydrogens (tertiary/aromatic N) is 1. The Morgan fingerprint density at radius 2 is 1.71 bits per heavy atom. The molecule has 3 aromatic rings. The number of amidine groups is 1. The first-order valence-corrected chi connectivity index (χ1v) is 11.3. The highest BCUT2D eigenvalue weighted by molar-refractivity contribution is 5.98. The molecule has 0 radical (unpaired) electrons. The minimum atomic E-state index is -0.679. The van der Waals surface area contributed by atoms with Crippen molar-refractivity contribution >= 4 is 17.6 Å². The summed E-state index contributed by atoms with van der Waals surface area (Å²) in [6.07, 6.45) is -0.0428. The summed E-state index contributed by atoms with van der Waals surface area (Å²) in [5.41, 5.74) is 7.58. The minimum absolute atomic E-state index is 0.0569. The van der Waals surface area contributed by atoms with E-state index in [0.717, 1.165) is 11.3 Å². The van der Waals surface area contributed by atoms with Gasteiger partial charge >= 0.3 is 0 Å². The van der Waals surface area contributed by atoms with E-state index in [4.69, 9.17) is 20.6 Å². The SMILES string of the molecule is COc1ccc(CNC(=O)C2CC(Oc3cccc(C(=N)N)c3)CN2C(=O)c2ccccc2)cc1. The Morgan fingerprint density at radius 1 is 1.00 bits per heavy atom. The van der Waals surface area contributed by atoms with Gasteiger partial charge in [-0.15, -0.1) is 0 Å². The van der Waals surface area contributed by atoms with Gasteiger partial charge in [-0.25, -0.2) is 0 Å². The number of likely N-dealkylation sites (tertiary alicyclic amines) is 1. The lowest BCUT2D eigenvalue weighted by Crippen LogP contribution is -2.45. The highest BCUT2D eigenvalue weighted by atomic mass is 16.5. The number of carbonyl (C=O) groups excluding carboxylic acids is 2. The van der Waals surface area contributed by atoms with Crippen LogP contribution in [0.1, 0.15) is 27.9 Å². The average molecular weight is 473 g/mol. The Kier molecular flexibility index (Phi) is 7.30. The molecule has 1 heterocycles. The van der Waals surface area contributed by atoms with Crippen LogP contribution in [0, 0.1) is 5.41 Å². The predicted molar refractivity (Wildman–Crippen MR) is 133 cm³/mol. The molecule has 0 saturated carbocycles. The van der Waals surface area contributed by atoms with Gasteiger partial charge in [0.1, 0.15) is 29.5 Å². The normalized spacial score (nSPS) is 17.0. The van der Waals surface area contributed by atoms with Gasteiger partial charge in [0.15, 0.2) is 0 Å². The van der Waals surface area contributed by atoms with Crippen LogP contribution in [0.2, 0.25) is 0 Å². The number of carbonyl (C=O) groups is 2. The number of hydrogen-bond donors (Lipinski definition) is 3. The molecule has 4 N–H and O–H groups in total. The van der Waals surface area contributed by atoms with E-state index in [9.17, 15) is 9.59 Å². The van der Waals surface area contributed by atoms with Crippen molar-refractivity contribution in [2.75, 3.05) is 13.7 Å². The quantitative estimate of drug-likeness (QED) is 0.344. The zero-order valence-electron chi connectivity index (χ0n) is 19.4. The lowest BCUT2D eigenvalue weighted by atomic mass is 10.1. The Hall–Kier alpha value is -4.33. The lowest BCUT2D eigenvalue weighted by Gasteiger charge is -2.23. The van der Waals surface area contributed by atoms with Crippen molar-refractivity contribution in [3.05, 3.63) is 95.6 Å². The summed E-state index contributed by atoms with van der Waals surface area (Å²) in [6, 6.07) is 22.6. The van der Waals surface area contributed by atoms with Gasteiger partial charge in [-0.05, 0) is 42.0 Å². The largest absolute Gasteiger partial charge is 0.497 e. The number of rotatable bonds is 8.